The zero-order valence-corrected chi connectivity index (χ0v) is 39.8. The van der Waals surface area contributed by atoms with Gasteiger partial charge < -0.3 is 30.2 Å². The van der Waals surface area contributed by atoms with Gasteiger partial charge in [0.05, 0.1) is 23.7 Å². The lowest BCUT2D eigenvalue weighted by Gasteiger charge is -2.48. The molecule has 6 heterocycles. The number of anilines is 4. The third kappa shape index (κ3) is 10.9. The summed E-state index contributed by atoms with van der Waals surface area (Å²) in [5.41, 5.74) is 1.71. The Balaban J connectivity index is 0.681. The number of hydrogen-bond acceptors (Lipinski definition) is 13. The highest BCUT2D eigenvalue weighted by molar-refractivity contribution is 6.27. The van der Waals surface area contributed by atoms with Crippen LogP contribution in [0.15, 0.2) is 42.7 Å². The van der Waals surface area contributed by atoms with Crippen molar-refractivity contribution in [2.45, 2.75) is 96.6 Å². The number of halogens is 2. The molecule has 1 spiro atoms. The number of likely N-dealkylation sites (tertiary alicyclic amines) is 1. The van der Waals surface area contributed by atoms with Crippen LogP contribution in [0.5, 0.6) is 0 Å². The number of carbonyl (C=O) groups excluding carboxylic acids is 6. The van der Waals surface area contributed by atoms with Crippen molar-refractivity contribution in [3.8, 4) is 0 Å². The quantitative estimate of drug-likeness (QED) is 0.110. The number of nitrogens with one attached hydrogen (secondary N) is 3. The van der Waals surface area contributed by atoms with Gasteiger partial charge >= 0.3 is 0 Å². The lowest BCUT2D eigenvalue weighted by atomic mass is 9.82. The van der Waals surface area contributed by atoms with Crippen LogP contribution in [0.1, 0.15) is 111 Å². The summed E-state index contributed by atoms with van der Waals surface area (Å²) in [4.78, 5) is 95.6. The molecule has 2 atom stereocenters. The van der Waals surface area contributed by atoms with E-state index in [4.69, 9.17) is 0 Å². The number of amides is 4. The summed E-state index contributed by atoms with van der Waals surface area (Å²) in [6.07, 6.45) is 8.33. The largest absolute Gasteiger partial charge is 0.370 e. The summed E-state index contributed by atoms with van der Waals surface area (Å²) in [6, 6.07) is 9.78. The van der Waals surface area contributed by atoms with E-state index in [0.29, 0.717) is 107 Å². The summed E-state index contributed by atoms with van der Waals surface area (Å²) < 4.78 is 31.2. The molecule has 368 valence electrons. The summed E-state index contributed by atoms with van der Waals surface area (Å²) in [5.74, 6) is -2.38. The van der Waals surface area contributed by atoms with Crippen molar-refractivity contribution < 1.29 is 37.5 Å². The average molecular weight is 951 g/mol. The van der Waals surface area contributed by atoms with Crippen molar-refractivity contribution in [3.63, 3.8) is 0 Å². The first-order valence-electron chi connectivity index (χ1n) is 24.8. The van der Waals surface area contributed by atoms with Crippen LogP contribution < -0.4 is 30.7 Å². The fourth-order valence-electron chi connectivity index (χ4n) is 11.0. The van der Waals surface area contributed by atoms with Gasteiger partial charge in [0, 0.05) is 112 Å². The molecule has 1 aromatic heterocycles. The van der Waals surface area contributed by atoms with Crippen LogP contribution in [0.2, 0.25) is 0 Å². The maximum absolute atomic E-state index is 15.7. The summed E-state index contributed by atoms with van der Waals surface area (Å²) in [5, 5.41) is 8.88. The number of fused-ring (bicyclic) bond motifs is 1. The number of benzene rings is 2. The van der Waals surface area contributed by atoms with Crippen LogP contribution in [0.3, 0.4) is 0 Å². The van der Waals surface area contributed by atoms with Gasteiger partial charge in [0.25, 0.3) is 0 Å². The van der Waals surface area contributed by atoms with E-state index in [0.717, 1.165) is 56.7 Å². The Bertz CT molecular complexity index is 2480. The second kappa shape index (κ2) is 20.1. The van der Waals surface area contributed by atoms with Crippen LogP contribution in [-0.2, 0) is 25.7 Å². The monoisotopic (exact) mass is 950 g/mol. The minimum absolute atomic E-state index is 0.0354. The van der Waals surface area contributed by atoms with Gasteiger partial charge in [-0.05, 0) is 94.1 Å². The number of ketones is 2. The zero-order valence-electron chi connectivity index (χ0n) is 39.8. The number of carbonyl (C=O) groups is 6. The molecule has 2 unspecified atom stereocenters. The number of nitrogens with zero attached hydrogens (tertiary/aromatic N) is 7. The summed E-state index contributed by atoms with van der Waals surface area (Å²) in [7, 11) is 0. The molecule has 69 heavy (non-hydrogen) atoms. The molecule has 18 heteroatoms. The highest BCUT2D eigenvalue weighted by atomic mass is 19.1. The number of imide groups is 1. The molecule has 0 saturated carbocycles. The second-order valence-corrected chi connectivity index (χ2v) is 20.8. The van der Waals surface area contributed by atoms with Gasteiger partial charge in [-0.25, -0.2) is 18.7 Å². The number of hydrogen-bond donors (Lipinski definition) is 3. The van der Waals surface area contributed by atoms with Crippen molar-refractivity contribution >= 4 is 58.2 Å². The van der Waals surface area contributed by atoms with E-state index in [2.05, 4.69) is 54.5 Å². The molecular formula is C51H64F2N10O6. The molecule has 5 fully saturated rings. The van der Waals surface area contributed by atoms with E-state index in [-0.39, 0.29) is 59.8 Å². The Morgan fingerprint density at radius 3 is 2.29 bits per heavy atom. The van der Waals surface area contributed by atoms with Gasteiger partial charge in [-0.2, -0.15) is 0 Å². The first kappa shape index (κ1) is 48.0. The van der Waals surface area contributed by atoms with Crippen LogP contribution in [0.4, 0.5) is 31.8 Å². The number of aromatic nitrogens is 2. The fourth-order valence-corrected chi connectivity index (χ4v) is 11.0. The Labute approximate surface area is 401 Å². The predicted molar refractivity (Wildman–Crippen MR) is 256 cm³/mol. The lowest BCUT2D eigenvalue weighted by Crippen LogP contribution is -2.66. The van der Waals surface area contributed by atoms with E-state index >= 15 is 8.78 Å². The number of rotatable bonds is 14. The molecular weight excluding hydrogens is 887 g/mol. The molecule has 6 aliphatic rings. The van der Waals surface area contributed by atoms with Gasteiger partial charge in [0.15, 0.2) is 11.6 Å². The van der Waals surface area contributed by atoms with E-state index in [1.165, 1.54) is 18.5 Å². The normalized spacial score (nSPS) is 22.8. The molecule has 1 aliphatic carbocycles. The highest BCUT2D eigenvalue weighted by Crippen LogP contribution is 2.37. The minimum atomic E-state index is -0.920. The van der Waals surface area contributed by atoms with Gasteiger partial charge in [0.1, 0.15) is 29.6 Å². The standard InChI is InChI=1S/C51H64F2N10O6/c1-50(2)11-16-59(17-12-50)29-34-25-40(53)41(27-39(34)52)63-30-45(65)58-51(31-63)13-18-61(19-14-51)43-28-42(55-32-56-43)54-15-5-3-4-6-46(66)62-22-20-60(21-23-62)35-8-9-36-37(26-35)48(68)38(47(36)67)24-33-7-10-44(64)57-49(33)69/h8-9,25-28,32-33,38H,3-7,10-24,29-31H2,1-2H3,(H,58,65)(H,54,55,56)(H,57,64,69). The molecule has 0 bridgehead atoms. The Hall–Kier alpha value is -6.04. The first-order valence-corrected chi connectivity index (χ1v) is 24.8. The SMILES string of the molecule is CC1(C)CCN(Cc2cc(F)c(N3CC(=O)NC4(CCN(c5cc(NCCCCCC(=O)N6CCN(c7ccc8c(c7)C(=O)C(CC7CCC(=O)NC7=O)C8=O)CC6)ncn5)CC4)C3)cc2F)CC1. The maximum Gasteiger partial charge on any atom is 0.240 e. The van der Waals surface area contributed by atoms with Crippen LogP contribution in [0, 0.1) is 28.9 Å². The first-order chi connectivity index (χ1) is 33.1. The smallest absolute Gasteiger partial charge is 0.240 e. The summed E-state index contributed by atoms with van der Waals surface area (Å²) >= 11 is 0. The fraction of sp³-hybridized carbons (Fsp3) is 0.569. The average Bonchev–Trinajstić information content (AvgIpc) is 3.56. The van der Waals surface area contributed by atoms with Crippen LogP contribution in [-0.4, -0.2) is 132 Å². The third-order valence-electron chi connectivity index (χ3n) is 15.4. The van der Waals surface area contributed by atoms with Crippen molar-refractivity contribution in [3.05, 3.63) is 71.1 Å². The number of piperazine rings is 2. The predicted octanol–water partition coefficient (Wildman–Crippen LogP) is 5.11. The number of piperidine rings is 3. The topological polar surface area (TPSA) is 180 Å². The molecule has 0 radical (unpaired) electrons. The van der Waals surface area contributed by atoms with E-state index in [1.54, 1.807) is 17.0 Å². The molecule has 5 saturated heterocycles. The van der Waals surface area contributed by atoms with Gasteiger partial charge in [-0.3, -0.25) is 39.0 Å². The third-order valence-corrected chi connectivity index (χ3v) is 15.4. The number of Topliss-reactive ketones (excluding diaryl/α,β-unsaturated/α-hetero) is 2. The Morgan fingerprint density at radius 1 is 0.783 bits per heavy atom. The molecule has 2 aromatic carbocycles. The van der Waals surface area contributed by atoms with E-state index in [1.807, 2.05) is 17.0 Å². The lowest BCUT2D eigenvalue weighted by molar-refractivity contribution is -0.136. The van der Waals surface area contributed by atoms with E-state index in [9.17, 15) is 28.8 Å². The molecule has 4 amide bonds. The second-order valence-electron chi connectivity index (χ2n) is 20.8. The summed E-state index contributed by atoms with van der Waals surface area (Å²) in [6.45, 7) is 11.1. The molecule has 3 aromatic rings. The van der Waals surface area contributed by atoms with Crippen molar-refractivity contribution in [1.29, 1.82) is 0 Å². The van der Waals surface area contributed by atoms with Crippen molar-refractivity contribution in [1.82, 2.24) is 30.4 Å². The Kier molecular flexibility index (Phi) is 14.0. The van der Waals surface area contributed by atoms with Crippen molar-refractivity contribution in [2.24, 2.45) is 17.3 Å². The van der Waals surface area contributed by atoms with Gasteiger partial charge in [-0.1, -0.05) is 20.3 Å². The minimum Gasteiger partial charge on any atom is -0.370 e. The van der Waals surface area contributed by atoms with Crippen LogP contribution >= 0.6 is 0 Å². The van der Waals surface area contributed by atoms with Gasteiger partial charge in [-0.15, -0.1) is 0 Å². The highest BCUT2D eigenvalue weighted by Gasteiger charge is 2.44. The number of unbranched alkanes of at least 4 members (excludes halogenated alkanes) is 2. The molecule has 3 N–H and O–H groups in total. The zero-order chi connectivity index (χ0) is 48.5. The van der Waals surface area contributed by atoms with E-state index < -0.39 is 34.9 Å². The maximum atomic E-state index is 15.7. The van der Waals surface area contributed by atoms with Gasteiger partial charge in [0.2, 0.25) is 23.6 Å². The van der Waals surface area contributed by atoms with Crippen molar-refractivity contribution in [2.75, 3.05) is 92.0 Å². The van der Waals surface area contributed by atoms with Crippen LogP contribution in [0.25, 0.3) is 0 Å². The molecule has 16 nitrogen and oxygen atoms in total. The molecule has 9 rings (SSSR count). The Morgan fingerprint density at radius 2 is 1.54 bits per heavy atom. The molecule has 5 aliphatic heterocycles.